The number of nitrogens with zero attached hydrogens (tertiary/aromatic N) is 4. The number of rotatable bonds is 9. The van der Waals surface area contributed by atoms with Gasteiger partial charge >= 0.3 is 12.2 Å². The summed E-state index contributed by atoms with van der Waals surface area (Å²) in [5.74, 6) is -0.119. The summed E-state index contributed by atoms with van der Waals surface area (Å²) in [6.07, 6.45) is 6.75. The van der Waals surface area contributed by atoms with E-state index < -0.39 is 36.1 Å². The van der Waals surface area contributed by atoms with Crippen LogP contribution < -0.4 is 10.6 Å². The SMILES string of the molecule is COC(=O)N[C@H](C(=O)N1CC2(C[C@H]1c1ncc(-c3ccc(-c4ccc(-c5cnc([C@@H]6CC[C@H]7CCC[C@@H](NC(=O)OC)C(=O)N76)[nH]5)cc4)cc3)[nH]1)OCCO2)C(C)C. The molecule has 16 nitrogen and oxygen atoms in total. The van der Waals surface area contributed by atoms with Gasteiger partial charge < -0.3 is 49.3 Å². The molecule has 0 unspecified atom stereocenters. The number of H-pyrrole nitrogens is 2. The molecule has 0 aliphatic carbocycles. The average molecular weight is 795 g/mol. The summed E-state index contributed by atoms with van der Waals surface area (Å²) < 4.78 is 21.6. The van der Waals surface area contributed by atoms with Crippen LogP contribution in [0, 0.1) is 5.92 Å². The van der Waals surface area contributed by atoms with Gasteiger partial charge in [0, 0.05) is 12.5 Å². The Labute approximate surface area is 336 Å². The van der Waals surface area contributed by atoms with Crippen LogP contribution in [0.4, 0.5) is 9.59 Å². The first-order valence-corrected chi connectivity index (χ1v) is 20.0. The predicted molar refractivity (Wildman–Crippen MR) is 211 cm³/mol. The number of fused-ring (bicyclic) bond motifs is 1. The van der Waals surface area contributed by atoms with Crippen LogP contribution in [0.2, 0.25) is 0 Å². The molecule has 4 fully saturated rings. The fraction of sp³-hybridized carbons (Fsp3) is 0.476. The Morgan fingerprint density at radius 1 is 0.793 bits per heavy atom. The molecular formula is C42H50N8O8. The number of aromatic nitrogens is 4. The molecule has 4 saturated heterocycles. The zero-order valence-electron chi connectivity index (χ0n) is 33.2. The minimum absolute atomic E-state index is 0.0855. The van der Waals surface area contributed by atoms with Gasteiger partial charge in [-0.3, -0.25) is 9.59 Å². The minimum Gasteiger partial charge on any atom is -0.453 e. The third-order valence-electron chi connectivity index (χ3n) is 11.9. The lowest BCUT2D eigenvalue weighted by molar-refractivity contribution is -0.153. The van der Waals surface area contributed by atoms with Crippen LogP contribution in [0.15, 0.2) is 60.9 Å². The van der Waals surface area contributed by atoms with Gasteiger partial charge in [0.15, 0.2) is 5.79 Å². The van der Waals surface area contributed by atoms with Gasteiger partial charge in [0.25, 0.3) is 0 Å². The molecule has 0 bridgehead atoms. The van der Waals surface area contributed by atoms with Crippen LogP contribution >= 0.6 is 0 Å². The van der Waals surface area contributed by atoms with E-state index in [4.69, 9.17) is 28.9 Å². The van der Waals surface area contributed by atoms with Crippen molar-refractivity contribution in [3.8, 4) is 33.6 Å². The first-order valence-electron chi connectivity index (χ1n) is 20.0. The van der Waals surface area contributed by atoms with E-state index in [-0.39, 0.29) is 36.4 Å². The zero-order valence-corrected chi connectivity index (χ0v) is 33.2. The van der Waals surface area contributed by atoms with Crippen molar-refractivity contribution in [1.82, 2.24) is 40.4 Å². The molecule has 58 heavy (non-hydrogen) atoms. The number of ether oxygens (including phenoxy) is 4. The molecule has 0 saturated carbocycles. The molecule has 1 spiro atoms. The monoisotopic (exact) mass is 794 g/mol. The van der Waals surface area contributed by atoms with Crippen molar-refractivity contribution < 1.29 is 38.1 Å². The van der Waals surface area contributed by atoms with Crippen LogP contribution in [-0.2, 0) is 28.5 Å². The number of hydrogen-bond acceptors (Lipinski definition) is 10. The Bertz CT molecular complexity index is 2130. The highest BCUT2D eigenvalue weighted by Gasteiger charge is 2.53. The molecule has 2 aromatic carbocycles. The third-order valence-corrected chi connectivity index (χ3v) is 11.9. The van der Waals surface area contributed by atoms with Gasteiger partial charge in [-0.05, 0) is 60.3 Å². The summed E-state index contributed by atoms with van der Waals surface area (Å²) in [6, 6.07) is 14.5. The van der Waals surface area contributed by atoms with Crippen molar-refractivity contribution >= 4 is 24.0 Å². The lowest BCUT2D eigenvalue weighted by atomic mass is 10.0. The second kappa shape index (κ2) is 16.3. The summed E-state index contributed by atoms with van der Waals surface area (Å²) in [5.41, 5.74) is 5.64. The van der Waals surface area contributed by atoms with E-state index in [0.717, 1.165) is 65.1 Å². The van der Waals surface area contributed by atoms with Crippen molar-refractivity contribution in [3.63, 3.8) is 0 Å². The van der Waals surface area contributed by atoms with Crippen LogP contribution in [-0.4, -0.2) is 112 Å². The summed E-state index contributed by atoms with van der Waals surface area (Å²) in [5, 5.41) is 5.41. The number of aromatic amines is 2. The van der Waals surface area contributed by atoms with Gasteiger partial charge in [0.05, 0.1) is 69.8 Å². The molecular weight excluding hydrogens is 745 g/mol. The highest BCUT2D eigenvalue weighted by atomic mass is 16.7. The summed E-state index contributed by atoms with van der Waals surface area (Å²) in [4.78, 5) is 71.6. The van der Waals surface area contributed by atoms with Gasteiger partial charge in [-0.2, -0.15) is 0 Å². The topological polar surface area (TPSA) is 193 Å². The van der Waals surface area contributed by atoms with Gasteiger partial charge in [0.1, 0.15) is 23.7 Å². The van der Waals surface area contributed by atoms with Crippen LogP contribution in [0.25, 0.3) is 33.6 Å². The Hall–Kier alpha value is -5.74. The maximum atomic E-state index is 14.0. The number of benzene rings is 2. The van der Waals surface area contributed by atoms with Crippen molar-refractivity contribution in [2.24, 2.45) is 5.92 Å². The molecule has 306 valence electrons. The summed E-state index contributed by atoms with van der Waals surface area (Å²) in [7, 11) is 2.57. The molecule has 16 heteroatoms. The van der Waals surface area contributed by atoms with E-state index in [1.54, 1.807) is 11.1 Å². The van der Waals surface area contributed by atoms with E-state index in [2.05, 4.69) is 57.0 Å². The maximum absolute atomic E-state index is 14.0. The molecule has 5 atom stereocenters. The molecule has 4 aromatic rings. The van der Waals surface area contributed by atoms with Crippen LogP contribution in [0.1, 0.15) is 76.1 Å². The number of nitrogens with one attached hydrogen (secondary N) is 4. The number of carbonyl (C=O) groups excluding carboxylic acids is 4. The number of methoxy groups -OCH3 is 2. The summed E-state index contributed by atoms with van der Waals surface area (Å²) >= 11 is 0. The Kier molecular flexibility index (Phi) is 11.0. The maximum Gasteiger partial charge on any atom is 0.407 e. The standard InChI is InChI=1S/C42H50N8O8/c1-24(2)35(48-41(54)56-4)39(52)49-23-42(57-18-19-58-42)20-34(49)37-44-22-32(46-37)28-14-10-26(11-15-28)25-8-12-27(13-9-25)31-21-43-36(45-31)33-17-16-29-6-5-7-30(38(51)50(29)33)47-40(53)55-3/h8-15,21-22,24,29-30,33-35H,5-7,16-20,23H2,1-4H3,(H,43,45)(H,44,46)(H,47,53)(H,48,54)/t29-,30-,33+,34+,35+/m1/s1. The molecule has 2 aromatic heterocycles. The number of likely N-dealkylation sites (tertiary alicyclic amines) is 1. The number of alkyl carbamates (subject to hydrolysis) is 2. The normalized spacial score (nSPS) is 23.2. The van der Waals surface area contributed by atoms with E-state index >= 15 is 0 Å². The summed E-state index contributed by atoms with van der Waals surface area (Å²) in [6.45, 7) is 4.84. The first-order chi connectivity index (χ1) is 28.1. The zero-order chi connectivity index (χ0) is 40.6. The fourth-order valence-corrected chi connectivity index (χ4v) is 8.85. The van der Waals surface area contributed by atoms with Gasteiger partial charge in [-0.25, -0.2) is 19.6 Å². The first kappa shape index (κ1) is 39.1. The Morgan fingerprint density at radius 3 is 1.93 bits per heavy atom. The average Bonchev–Trinajstić information content (AvgIpc) is 4.10. The molecule has 4 amide bonds. The molecule has 8 rings (SSSR count). The lowest BCUT2D eigenvalue weighted by Gasteiger charge is -2.30. The predicted octanol–water partition coefficient (Wildman–Crippen LogP) is 5.47. The molecule has 4 N–H and O–H groups in total. The van der Waals surface area contributed by atoms with Gasteiger partial charge in [-0.15, -0.1) is 0 Å². The van der Waals surface area contributed by atoms with E-state index in [1.165, 1.54) is 14.2 Å². The van der Waals surface area contributed by atoms with E-state index in [0.29, 0.717) is 31.9 Å². The van der Waals surface area contributed by atoms with Crippen LogP contribution in [0.3, 0.4) is 0 Å². The van der Waals surface area contributed by atoms with Crippen molar-refractivity contribution in [2.45, 2.75) is 88.4 Å². The second-order valence-electron chi connectivity index (χ2n) is 15.8. The number of imidazole rings is 2. The lowest BCUT2D eigenvalue weighted by Crippen LogP contribution is -2.52. The van der Waals surface area contributed by atoms with Crippen molar-refractivity contribution in [3.05, 3.63) is 72.6 Å². The van der Waals surface area contributed by atoms with Crippen LogP contribution in [0.5, 0.6) is 0 Å². The minimum atomic E-state index is -0.931. The van der Waals surface area contributed by atoms with Crippen molar-refractivity contribution in [2.75, 3.05) is 34.0 Å². The number of amides is 4. The van der Waals surface area contributed by atoms with Gasteiger partial charge in [-0.1, -0.05) is 62.4 Å². The highest BCUT2D eigenvalue weighted by molar-refractivity contribution is 5.87. The molecule has 4 aliphatic heterocycles. The fourth-order valence-electron chi connectivity index (χ4n) is 8.85. The molecule has 0 radical (unpaired) electrons. The molecule has 6 heterocycles. The smallest absolute Gasteiger partial charge is 0.407 e. The van der Waals surface area contributed by atoms with E-state index in [9.17, 15) is 19.2 Å². The Balaban J connectivity index is 0.949. The second-order valence-corrected chi connectivity index (χ2v) is 15.8. The van der Waals surface area contributed by atoms with Crippen molar-refractivity contribution in [1.29, 1.82) is 0 Å². The van der Waals surface area contributed by atoms with E-state index in [1.807, 2.05) is 37.1 Å². The third kappa shape index (κ3) is 7.65. The largest absolute Gasteiger partial charge is 0.453 e. The number of carbonyl (C=O) groups is 4. The van der Waals surface area contributed by atoms with Gasteiger partial charge in [0.2, 0.25) is 11.8 Å². The quantitative estimate of drug-likeness (QED) is 0.169. The number of hydrogen-bond donors (Lipinski definition) is 4. The molecule has 4 aliphatic rings. The Morgan fingerprint density at radius 2 is 1.36 bits per heavy atom. The highest BCUT2D eigenvalue weighted by Crippen LogP contribution is 2.43.